The van der Waals surface area contributed by atoms with Gasteiger partial charge in [-0.15, -0.1) is 11.3 Å². The van der Waals surface area contributed by atoms with Crippen LogP contribution in [0.15, 0.2) is 54.3 Å². The Hall–Kier alpha value is -3.46. The lowest BCUT2D eigenvalue weighted by Gasteiger charge is -2.07. The zero-order valence-corrected chi connectivity index (χ0v) is 16.4. The molecule has 0 bridgehead atoms. The van der Waals surface area contributed by atoms with E-state index in [9.17, 15) is 13.6 Å². The average Bonchev–Trinajstić information content (AvgIpc) is 3.25. The largest absolute Gasteiger partial charge is 0.306 e. The zero-order chi connectivity index (χ0) is 20.7. The summed E-state index contributed by atoms with van der Waals surface area (Å²) in [4.78, 5) is 20.8. The first-order valence-corrected chi connectivity index (χ1v) is 10.2. The number of benzene rings is 1. The van der Waals surface area contributed by atoms with Gasteiger partial charge in [-0.3, -0.25) is 4.79 Å². The number of thiazole rings is 1. The van der Waals surface area contributed by atoms with Crippen molar-refractivity contribution in [1.82, 2.24) is 19.7 Å². The molecule has 0 spiro atoms. The molecule has 30 heavy (non-hydrogen) atoms. The van der Waals surface area contributed by atoms with Crippen molar-refractivity contribution in [2.24, 2.45) is 0 Å². The van der Waals surface area contributed by atoms with E-state index in [4.69, 9.17) is 5.10 Å². The second kappa shape index (κ2) is 7.42. The van der Waals surface area contributed by atoms with Crippen LogP contribution in [0, 0.1) is 11.6 Å². The molecule has 0 saturated heterocycles. The van der Waals surface area contributed by atoms with Gasteiger partial charge in [-0.05, 0) is 37.1 Å². The minimum atomic E-state index is -0.923. The Balaban J connectivity index is 1.41. The van der Waals surface area contributed by atoms with Crippen molar-refractivity contribution in [2.45, 2.75) is 18.8 Å². The number of carbonyl (C=O) groups excluding carboxylic acids is 1. The third-order valence-electron chi connectivity index (χ3n) is 4.83. The molecule has 1 saturated carbocycles. The van der Waals surface area contributed by atoms with Crippen LogP contribution in [0.2, 0.25) is 0 Å². The number of anilines is 1. The van der Waals surface area contributed by atoms with Crippen molar-refractivity contribution < 1.29 is 13.6 Å². The fourth-order valence-corrected chi connectivity index (χ4v) is 3.78. The van der Waals surface area contributed by atoms with E-state index < -0.39 is 23.1 Å². The predicted molar refractivity (Wildman–Crippen MR) is 109 cm³/mol. The molecular weight excluding hydrogens is 408 g/mol. The van der Waals surface area contributed by atoms with Crippen molar-refractivity contribution >= 4 is 23.1 Å². The topological polar surface area (TPSA) is 72.7 Å². The number of nitrogens with zero attached hydrogens (tertiary/aromatic N) is 4. The number of hydrogen-bond donors (Lipinski definition) is 1. The van der Waals surface area contributed by atoms with Crippen LogP contribution in [0.4, 0.5) is 14.6 Å². The standard InChI is InChI=1S/C21H15F2N5OS/c22-15-2-1-3-16(23)18(15)20(29)26-17-7-6-13(10-25-17)14-11-28(21-24-8-9-30-21)27-19(14)12-4-5-12/h1-3,6-12H,4-5H2,(H,25,26,29). The Morgan fingerprint density at radius 1 is 1.13 bits per heavy atom. The van der Waals surface area contributed by atoms with Crippen LogP contribution in [0.3, 0.4) is 0 Å². The van der Waals surface area contributed by atoms with E-state index in [1.165, 1.54) is 17.4 Å². The lowest BCUT2D eigenvalue weighted by Crippen LogP contribution is -2.16. The molecule has 1 aromatic carbocycles. The molecule has 9 heteroatoms. The van der Waals surface area contributed by atoms with Gasteiger partial charge in [0.1, 0.15) is 23.0 Å². The second-order valence-corrected chi connectivity index (χ2v) is 7.82. The monoisotopic (exact) mass is 423 g/mol. The van der Waals surface area contributed by atoms with Crippen LogP contribution in [0.1, 0.15) is 34.8 Å². The highest BCUT2D eigenvalue weighted by Crippen LogP contribution is 2.44. The van der Waals surface area contributed by atoms with Gasteiger partial charge in [0.2, 0.25) is 5.13 Å². The molecule has 0 radical (unpaired) electrons. The minimum absolute atomic E-state index is 0.201. The molecule has 6 nitrogen and oxygen atoms in total. The smallest absolute Gasteiger partial charge is 0.262 e. The maximum atomic E-state index is 13.8. The number of carbonyl (C=O) groups is 1. The van der Waals surface area contributed by atoms with Crippen LogP contribution in [0.25, 0.3) is 16.3 Å². The van der Waals surface area contributed by atoms with Crippen LogP contribution < -0.4 is 5.32 Å². The Bertz CT molecular complexity index is 1200. The highest BCUT2D eigenvalue weighted by Gasteiger charge is 2.30. The fraction of sp³-hybridized carbons (Fsp3) is 0.143. The maximum Gasteiger partial charge on any atom is 0.262 e. The van der Waals surface area contributed by atoms with Gasteiger partial charge >= 0.3 is 0 Å². The second-order valence-electron chi connectivity index (χ2n) is 6.94. The summed E-state index contributed by atoms with van der Waals surface area (Å²) >= 11 is 1.50. The predicted octanol–water partition coefficient (Wildman–Crippen LogP) is 4.80. The average molecular weight is 423 g/mol. The number of nitrogens with one attached hydrogen (secondary N) is 1. The molecule has 3 aromatic heterocycles. The Labute approximate surface area is 174 Å². The summed E-state index contributed by atoms with van der Waals surface area (Å²) in [6, 6.07) is 6.68. The number of hydrogen-bond acceptors (Lipinski definition) is 5. The number of rotatable bonds is 5. The third-order valence-corrected chi connectivity index (χ3v) is 5.59. The van der Waals surface area contributed by atoms with Gasteiger partial charge in [-0.2, -0.15) is 5.10 Å². The van der Waals surface area contributed by atoms with E-state index in [1.54, 1.807) is 29.2 Å². The number of aromatic nitrogens is 4. The maximum absolute atomic E-state index is 13.8. The SMILES string of the molecule is O=C(Nc1ccc(-c2cn(-c3nccs3)nc2C2CC2)cn1)c1c(F)cccc1F. The first-order chi connectivity index (χ1) is 14.6. The molecule has 1 fully saturated rings. The van der Waals surface area contributed by atoms with Gasteiger partial charge in [-0.25, -0.2) is 23.4 Å². The molecule has 1 aliphatic rings. The van der Waals surface area contributed by atoms with E-state index in [-0.39, 0.29) is 5.82 Å². The van der Waals surface area contributed by atoms with E-state index in [1.807, 2.05) is 11.6 Å². The minimum Gasteiger partial charge on any atom is -0.306 e. The summed E-state index contributed by atoms with van der Waals surface area (Å²) < 4.78 is 29.4. The van der Waals surface area contributed by atoms with Crippen LogP contribution in [-0.2, 0) is 0 Å². The van der Waals surface area contributed by atoms with Crippen molar-refractivity contribution in [3.8, 4) is 16.3 Å². The third kappa shape index (κ3) is 3.48. The van der Waals surface area contributed by atoms with Crippen LogP contribution in [-0.4, -0.2) is 25.7 Å². The number of halogens is 2. The molecule has 5 rings (SSSR count). The summed E-state index contributed by atoms with van der Waals surface area (Å²) in [5, 5.41) is 9.82. The summed E-state index contributed by atoms with van der Waals surface area (Å²) in [7, 11) is 0. The van der Waals surface area contributed by atoms with Crippen molar-refractivity contribution in [1.29, 1.82) is 0 Å². The van der Waals surface area contributed by atoms with E-state index >= 15 is 0 Å². The van der Waals surface area contributed by atoms with Crippen LogP contribution >= 0.6 is 11.3 Å². The van der Waals surface area contributed by atoms with Gasteiger partial charge in [0.15, 0.2) is 0 Å². The van der Waals surface area contributed by atoms with Gasteiger partial charge < -0.3 is 5.32 Å². The van der Waals surface area contributed by atoms with Crippen molar-refractivity contribution in [2.75, 3.05) is 5.32 Å². The molecule has 1 N–H and O–H groups in total. The Kier molecular flexibility index (Phi) is 4.59. The molecular formula is C21H15F2N5OS. The van der Waals surface area contributed by atoms with Crippen LogP contribution in [0.5, 0.6) is 0 Å². The normalized spacial score (nSPS) is 13.4. The highest BCUT2D eigenvalue weighted by molar-refractivity contribution is 7.12. The molecule has 1 aliphatic carbocycles. The summed E-state index contributed by atoms with van der Waals surface area (Å²) in [5.41, 5.74) is 2.16. The molecule has 0 unspecified atom stereocenters. The van der Waals surface area contributed by atoms with E-state index in [0.29, 0.717) is 5.92 Å². The highest BCUT2D eigenvalue weighted by atomic mass is 32.1. The molecule has 150 valence electrons. The van der Waals surface area contributed by atoms with Crippen molar-refractivity contribution in [3.63, 3.8) is 0 Å². The molecule has 4 aromatic rings. The fourth-order valence-electron chi connectivity index (χ4n) is 3.22. The molecule has 0 atom stereocenters. The quantitative estimate of drug-likeness (QED) is 0.501. The first-order valence-electron chi connectivity index (χ1n) is 9.31. The van der Waals surface area contributed by atoms with Gasteiger partial charge in [0.25, 0.3) is 5.91 Å². The molecule has 3 heterocycles. The Morgan fingerprint density at radius 2 is 1.93 bits per heavy atom. The number of amides is 1. The lowest BCUT2D eigenvalue weighted by molar-refractivity contribution is 0.101. The summed E-state index contributed by atoms with van der Waals surface area (Å²) in [6.07, 6.45) is 7.46. The number of pyridine rings is 1. The van der Waals surface area contributed by atoms with Gasteiger partial charge in [0, 0.05) is 41.0 Å². The lowest BCUT2D eigenvalue weighted by atomic mass is 10.1. The van der Waals surface area contributed by atoms with Gasteiger partial charge in [0.05, 0.1) is 5.69 Å². The zero-order valence-electron chi connectivity index (χ0n) is 15.5. The summed E-state index contributed by atoms with van der Waals surface area (Å²) in [5.74, 6) is -2.11. The first kappa shape index (κ1) is 18.6. The van der Waals surface area contributed by atoms with E-state index in [2.05, 4.69) is 15.3 Å². The molecule has 0 aliphatic heterocycles. The summed E-state index contributed by atoms with van der Waals surface area (Å²) in [6.45, 7) is 0. The Morgan fingerprint density at radius 3 is 2.57 bits per heavy atom. The molecule has 1 amide bonds. The van der Waals surface area contributed by atoms with E-state index in [0.717, 1.165) is 46.9 Å². The van der Waals surface area contributed by atoms with Gasteiger partial charge in [-0.1, -0.05) is 6.07 Å². The van der Waals surface area contributed by atoms with Crippen molar-refractivity contribution in [3.05, 3.63) is 77.2 Å².